The second kappa shape index (κ2) is 7.05. The molecule has 0 bridgehead atoms. The Hall–Kier alpha value is -3.45. The minimum atomic E-state index is -0.324. The van der Waals surface area contributed by atoms with Gasteiger partial charge in [0.25, 0.3) is 5.91 Å². The summed E-state index contributed by atoms with van der Waals surface area (Å²) in [5, 5.41) is 14.8. The monoisotopic (exact) mass is 378 g/mol. The van der Waals surface area contributed by atoms with Gasteiger partial charge in [0.15, 0.2) is 11.5 Å². The first kappa shape index (κ1) is 17.0. The molecule has 2 aromatic heterocycles. The Bertz CT molecular complexity index is 1120. The van der Waals surface area contributed by atoms with Crippen LogP contribution in [0.2, 0.25) is 5.02 Å². The molecule has 0 atom stereocenters. The van der Waals surface area contributed by atoms with Crippen molar-refractivity contribution in [3.8, 4) is 17.1 Å². The topological polar surface area (TPSA) is 88.5 Å². The number of rotatable bonds is 4. The van der Waals surface area contributed by atoms with Crippen molar-refractivity contribution < 1.29 is 4.79 Å². The van der Waals surface area contributed by atoms with Crippen LogP contribution in [0.15, 0.2) is 60.8 Å². The zero-order chi connectivity index (χ0) is 18.8. The van der Waals surface area contributed by atoms with E-state index in [2.05, 4.69) is 25.6 Å². The molecular formula is C19H15ClN6O. The fourth-order valence-electron chi connectivity index (χ4n) is 2.64. The Morgan fingerprint density at radius 2 is 2.00 bits per heavy atom. The van der Waals surface area contributed by atoms with Crippen LogP contribution in [0.1, 0.15) is 16.3 Å². The fourth-order valence-corrected chi connectivity index (χ4v) is 2.83. The molecule has 0 spiro atoms. The van der Waals surface area contributed by atoms with Crippen molar-refractivity contribution in [2.45, 2.75) is 6.92 Å². The van der Waals surface area contributed by atoms with Crippen LogP contribution in [0.3, 0.4) is 0 Å². The van der Waals surface area contributed by atoms with E-state index in [9.17, 15) is 4.79 Å². The SMILES string of the molecule is Cc1nc(-c2ccccc2NC(=O)c2ccn(-c3cccc(Cl)c3)n2)n[nH]1. The predicted octanol–water partition coefficient (Wildman–Crippen LogP) is 3.87. The highest BCUT2D eigenvalue weighted by Crippen LogP contribution is 2.25. The van der Waals surface area contributed by atoms with Crippen LogP contribution in [-0.4, -0.2) is 30.9 Å². The van der Waals surface area contributed by atoms with Gasteiger partial charge in [0.2, 0.25) is 0 Å². The first-order valence-corrected chi connectivity index (χ1v) is 8.59. The lowest BCUT2D eigenvalue weighted by atomic mass is 10.1. The molecule has 134 valence electrons. The smallest absolute Gasteiger partial charge is 0.276 e. The van der Waals surface area contributed by atoms with E-state index in [1.165, 1.54) is 0 Å². The number of hydrogen-bond donors (Lipinski definition) is 2. The number of anilines is 1. The number of carbonyl (C=O) groups is 1. The normalized spacial score (nSPS) is 10.7. The van der Waals surface area contributed by atoms with Crippen LogP contribution in [0.5, 0.6) is 0 Å². The standard InChI is InChI=1S/C19H15ClN6O/c1-12-21-18(24-23-12)15-7-2-3-8-16(15)22-19(27)17-9-10-26(25-17)14-6-4-5-13(20)11-14/h2-11H,1H3,(H,22,27)(H,21,23,24). The molecule has 2 N–H and O–H groups in total. The Balaban J connectivity index is 1.59. The largest absolute Gasteiger partial charge is 0.320 e. The Kier molecular flexibility index (Phi) is 4.43. The average molecular weight is 379 g/mol. The fraction of sp³-hybridized carbons (Fsp3) is 0.0526. The van der Waals surface area contributed by atoms with Crippen LogP contribution in [0.4, 0.5) is 5.69 Å². The number of aromatic nitrogens is 5. The van der Waals surface area contributed by atoms with E-state index in [4.69, 9.17) is 11.6 Å². The molecule has 0 fully saturated rings. The molecule has 0 radical (unpaired) electrons. The molecule has 8 heteroatoms. The first-order chi connectivity index (χ1) is 13.1. The third-order valence-corrected chi connectivity index (χ3v) is 4.14. The van der Waals surface area contributed by atoms with E-state index in [-0.39, 0.29) is 11.6 Å². The summed E-state index contributed by atoms with van der Waals surface area (Å²) >= 11 is 6.01. The van der Waals surface area contributed by atoms with E-state index < -0.39 is 0 Å². The van der Waals surface area contributed by atoms with Crippen LogP contribution in [-0.2, 0) is 0 Å². The number of H-pyrrole nitrogens is 1. The lowest BCUT2D eigenvalue weighted by molar-refractivity contribution is 0.102. The van der Waals surface area contributed by atoms with Gasteiger partial charge < -0.3 is 5.32 Å². The molecule has 0 aliphatic carbocycles. The molecule has 0 unspecified atom stereocenters. The molecule has 0 aliphatic heterocycles. The highest BCUT2D eigenvalue weighted by atomic mass is 35.5. The maximum absolute atomic E-state index is 12.7. The van der Waals surface area contributed by atoms with Gasteiger partial charge >= 0.3 is 0 Å². The van der Waals surface area contributed by atoms with E-state index in [1.807, 2.05) is 37.3 Å². The van der Waals surface area contributed by atoms with Gasteiger partial charge in [-0.1, -0.05) is 29.8 Å². The van der Waals surface area contributed by atoms with E-state index in [0.717, 1.165) is 11.3 Å². The Labute approximate surface area is 160 Å². The van der Waals surface area contributed by atoms with Gasteiger partial charge in [0, 0.05) is 16.8 Å². The van der Waals surface area contributed by atoms with Crippen LogP contribution in [0.25, 0.3) is 17.1 Å². The van der Waals surface area contributed by atoms with Crippen molar-refractivity contribution in [3.05, 3.63) is 77.3 Å². The highest BCUT2D eigenvalue weighted by molar-refractivity contribution is 6.30. The van der Waals surface area contributed by atoms with E-state index >= 15 is 0 Å². The van der Waals surface area contributed by atoms with Crippen molar-refractivity contribution >= 4 is 23.2 Å². The van der Waals surface area contributed by atoms with Crippen molar-refractivity contribution in [1.82, 2.24) is 25.0 Å². The average Bonchev–Trinajstić information content (AvgIpc) is 3.31. The van der Waals surface area contributed by atoms with Crippen molar-refractivity contribution in [2.75, 3.05) is 5.32 Å². The van der Waals surface area contributed by atoms with Crippen molar-refractivity contribution in [1.29, 1.82) is 0 Å². The summed E-state index contributed by atoms with van der Waals surface area (Å²) in [6, 6.07) is 16.2. The molecule has 0 saturated heterocycles. The van der Waals surface area contributed by atoms with E-state index in [1.54, 1.807) is 35.1 Å². The first-order valence-electron chi connectivity index (χ1n) is 8.21. The molecule has 0 saturated carbocycles. The van der Waals surface area contributed by atoms with Gasteiger partial charge in [-0.15, -0.1) is 0 Å². The Morgan fingerprint density at radius 3 is 2.78 bits per heavy atom. The number of nitrogens with one attached hydrogen (secondary N) is 2. The van der Waals surface area contributed by atoms with Gasteiger partial charge in [-0.2, -0.15) is 10.2 Å². The summed E-state index contributed by atoms with van der Waals surface area (Å²) in [6.45, 7) is 1.82. The summed E-state index contributed by atoms with van der Waals surface area (Å²) in [7, 11) is 0. The second-order valence-corrected chi connectivity index (χ2v) is 6.31. The summed E-state index contributed by atoms with van der Waals surface area (Å²) in [6.07, 6.45) is 1.71. The summed E-state index contributed by atoms with van der Waals surface area (Å²) < 4.78 is 1.60. The molecule has 4 aromatic rings. The number of amides is 1. The van der Waals surface area contributed by atoms with Gasteiger partial charge in [-0.05, 0) is 43.3 Å². The molecule has 1 amide bonds. The number of nitrogens with zero attached hydrogens (tertiary/aromatic N) is 4. The molecular weight excluding hydrogens is 364 g/mol. The molecule has 4 rings (SSSR count). The van der Waals surface area contributed by atoms with Crippen molar-refractivity contribution in [2.24, 2.45) is 0 Å². The summed E-state index contributed by atoms with van der Waals surface area (Å²) in [4.78, 5) is 17.0. The van der Waals surface area contributed by atoms with Gasteiger partial charge in [-0.25, -0.2) is 9.67 Å². The van der Waals surface area contributed by atoms with Crippen LogP contribution in [0, 0.1) is 6.92 Å². The molecule has 27 heavy (non-hydrogen) atoms. The number of aromatic amines is 1. The highest BCUT2D eigenvalue weighted by Gasteiger charge is 2.15. The molecule has 2 aromatic carbocycles. The van der Waals surface area contributed by atoms with Gasteiger partial charge in [0.05, 0.1) is 11.4 Å². The van der Waals surface area contributed by atoms with Crippen molar-refractivity contribution in [3.63, 3.8) is 0 Å². The molecule has 2 heterocycles. The third-order valence-electron chi connectivity index (χ3n) is 3.91. The molecule has 0 aliphatic rings. The zero-order valence-electron chi connectivity index (χ0n) is 14.3. The third kappa shape index (κ3) is 3.58. The van der Waals surface area contributed by atoms with Crippen LogP contribution >= 0.6 is 11.6 Å². The number of benzene rings is 2. The quantitative estimate of drug-likeness (QED) is 0.564. The lowest BCUT2D eigenvalue weighted by Gasteiger charge is -2.07. The summed E-state index contributed by atoms with van der Waals surface area (Å²) in [5.41, 5.74) is 2.40. The maximum atomic E-state index is 12.7. The summed E-state index contributed by atoms with van der Waals surface area (Å²) in [5.74, 6) is 0.898. The number of para-hydroxylation sites is 1. The number of aryl methyl sites for hydroxylation is 1. The number of halogens is 1. The van der Waals surface area contributed by atoms with E-state index in [0.29, 0.717) is 22.4 Å². The zero-order valence-corrected chi connectivity index (χ0v) is 15.1. The number of carbonyl (C=O) groups excluding carboxylic acids is 1. The van der Waals surface area contributed by atoms with Gasteiger partial charge in [-0.3, -0.25) is 9.89 Å². The lowest BCUT2D eigenvalue weighted by Crippen LogP contribution is -2.14. The maximum Gasteiger partial charge on any atom is 0.276 e. The van der Waals surface area contributed by atoms with Gasteiger partial charge in [0.1, 0.15) is 5.82 Å². The molecule has 7 nitrogen and oxygen atoms in total. The number of hydrogen-bond acceptors (Lipinski definition) is 4. The minimum absolute atomic E-state index is 0.288. The Morgan fingerprint density at radius 1 is 1.15 bits per heavy atom. The van der Waals surface area contributed by atoms with Crippen LogP contribution < -0.4 is 5.32 Å². The predicted molar refractivity (Wildman–Crippen MR) is 103 cm³/mol. The minimum Gasteiger partial charge on any atom is -0.320 e. The second-order valence-electron chi connectivity index (χ2n) is 5.87.